The van der Waals surface area contributed by atoms with Crippen LogP contribution in [-0.4, -0.2) is 18.8 Å². The number of phenolic OH excluding ortho intramolecular Hbond substituents is 1. The number of hydrogen-bond acceptors (Lipinski definition) is 3. The molecule has 0 fully saturated rings. The molecule has 0 aliphatic rings. The zero-order valence-electron chi connectivity index (χ0n) is 12.3. The average molecular weight is 271 g/mol. The lowest BCUT2D eigenvalue weighted by Gasteiger charge is -2.25. The Morgan fingerprint density at radius 1 is 1.15 bits per heavy atom. The van der Waals surface area contributed by atoms with Crippen molar-refractivity contribution in [3.05, 3.63) is 53.6 Å². The van der Waals surface area contributed by atoms with Gasteiger partial charge in [0.15, 0.2) is 0 Å². The molecule has 20 heavy (non-hydrogen) atoms. The van der Waals surface area contributed by atoms with Crippen molar-refractivity contribution in [3.8, 4) is 11.5 Å². The number of hydrogen-bond donors (Lipinski definition) is 1. The highest BCUT2D eigenvalue weighted by Gasteiger charge is 2.10. The van der Waals surface area contributed by atoms with Crippen molar-refractivity contribution in [2.45, 2.75) is 20.4 Å². The third-order valence-electron chi connectivity index (χ3n) is 3.49. The minimum Gasteiger partial charge on any atom is -0.507 e. The molecular weight excluding hydrogens is 250 g/mol. The largest absolute Gasteiger partial charge is 0.507 e. The van der Waals surface area contributed by atoms with Crippen LogP contribution in [-0.2, 0) is 6.54 Å². The van der Waals surface area contributed by atoms with Crippen molar-refractivity contribution in [2.75, 3.05) is 18.6 Å². The van der Waals surface area contributed by atoms with Crippen molar-refractivity contribution in [3.63, 3.8) is 0 Å². The normalized spacial score (nSPS) is 10.3. The third kappa shape index (κ3) is 3.05. The number of benzene rings is 2. The van der Waals surface area contributed by atoms with Gasteiger partial charge in [-0.3, -0.25) is 0 Å². The monoisotopic (exact) mass is 271 g/mol. The second-order valence-corrected chi connectivity index (χ2v) is 4.80. The fraction of sp³-hybridized carbons (Fsp3) is 0.294. The highest BCUT2D eigenvalue weighted by atomic mass is 16.5. The number of aromatic hydroxyl groups is 1. The first-order valence-electron chi connectivity index (χ1n) is 6.82. The van der Waals surface area contributed by atoms with Crippen LogP contribution < -0.4 is 9.64 Å². The van der Waals surface area contributed by atoms with E-state index in [1.807, 2.05) is 24.3 Å². The van der Waals surface area contributed by atoms with Crippen molar-refractivity contribution in [2.24, 2.45) is 0 Å². The lowest BCUT2D eigenvalue weighted by atomic mass is 10.1. The summed E-state index contributed by atoms with van der Waals surface area (Å²) in [4.78, 5) is 2.25. The summed E-state index contributed by atoms with van der Waals surface area (Å²) >= 11 is 0. The first-order chi connectivity index (χ1) is 9.65. The van der Waals surface area contributed by atoms with E-state index in [2.05, 4.69) is 30.9 Å². The van der Waals surface area contributed by atoms with E-state index in [0.717, 1.165) is 12.1 Å². The summed E-state index contributed by atoms with van der Waals surface area (Å²) in [6.07, 6.45) is 0. The summed E-state index contributed by atoms with van der Waals surface area (Å²) in [7, 11) is 1.60. The van der Waals surface area contributed by atoms with Crippen LogP contribution in [0.15, 0.2) is 42.5 Å². The van der Waals surface area contributed by atoms with E-state index in [4.69, 9.17) is 4.74 Å². The van der Waals surface area contributed by atoms with Crippen LogP contribution in [0.3, 0.4) is 0 Å². The third-order valence-corrected chi connectivity index (χ3v) is 3.49. The van der Waals surface area contributed by atoms with Crippen LogP contribution in [0.25, 0.3) is 0 Å². The predicted octanol–water partition coefficient (Wildman–Crippen LogP) is 3.74. The first kappa shape index (κ1) is 14.3. The molecule has 0 heterocycles. The van der Waals surface area contributed by atoms with Crippen LogP contribution >= 0.6 is 0 Å². The molecule has 3 heteroatoms. The maximum Gasteiger partial charge on any atom is 0.124 e. The van der Waals surface area contributed by atoms with Crippen LogP contribution in [0.2, 0.25) is 0 Å². The Kier molecular flexibility index (Phi) is 4.51. The standard InChI is InChI=1S/C17H21NO2/c1-4-18(16-8-6-5-7-13(16)2)12-14-9-10-15(20-3)11-17(14)19/h5-11,19H,4,12H2,1-3H3. The van der Waals surface area contributed by atoms with Crippen molar-refractivity contribution in [1.82, 2.24) is 0 Å². The molecule has 2 rings (SSSR count). The van der Waals surface area contributed by atoms with Crippen molar-refractivity contribution < 1.29 is 9.84 Å². The van der Waals surface area contributed by atoms with Crippen molar-refractivity contribution >= 4 is 5.69 Å². The van der Waals surface area contributed by atoms with Gasteiger partial charge in [-0.05, 0) is 37.6 Å². The smallest absolute Gasteiger partial charge is 0.124 e. The predicted molar refractivity (Wildman–Crippen MR) is 82.6 cm³/mol. The number of nitrogens with zero attached hydrogens (tertiary/aromatic N) is 1. The summed E-state index contributed by atoms with van der Waals surface area (Å²) in [5.74, 6) is 0.946. The second-order valence-electron chi connectivity index (χ2n) is 4.80. The zero-order valence-corrected chi connectivity index (χ0v) is 12.3. The summed E-state index contributed by atoms with van der Waals surface area (Å²) < 4.78 is 5.11. The van der Waals surface area contributed by atoms with Gasteiger partial charge in [0, 0.05) is 30.4 Å². The lowest BCUT2D eigenvalue weighted by Crippen LogP contribution is -2.22. The van der Waals surface area contributed by atoms with Gasteiger partial charge in [-0.25, -0.2) is 0 Å². The fourth-order valence-corrected chi connectivity index (χ4v) is 2.30. The number of aryl methyl sites for hydroxylation is 1. The Morgan fingerprint density at radius 3 is 2.50 bits per heavy atom. The number of rotatable bonds is 5. The van der Waals surface area contributed by atoms with Gasteiger partial charge in [-0.2, -0.15) is 0 Å². The van der Waals surface area contributed by atoms with Gasteiger partial charge in [0.05, 0.1) is 7.11 Å². The van der Waals surface area contributed by atoms with Gasteiger partial charge < -0.3 is 14.7 Å². The molecule has 0 spiro atoms. The van der Waals surface area contributed by atoms with Gasteiger partial charge in [0.25, 0.3) is 0 Å². The Hall–Kier alpha value is -2.16. The van der Waals surface area contributed by atoms with Crippen LogP contribution in [0, 0.1) is 6.92 Å². The number of anilines is 1. The molecule has 106 valence electrons. The molecule has 0 amide bonds. The lowest BCUT2D eigenvalue weighted by molar-refractivity contribution is 0.406. The number of ether oxygens (including phenoxy) is 1. The van der Waals surface area contributed by atoms with Gasteiger partial charge in [0.2, 0.25) is 0 Å². The van der Waals surface area contributed by atoms with Gasteiger partial charge >= 0.3 is 0 Å². The number of phenols is 1. The summed E-state index contributed by atoms with van der Waals surface area (Å²) in [6, 6.07) is 13.7. The molecule has 0 aliphatic carbocycles. The van der Waals surface area contributed by atoms with E-state index < -0.39 is 0 Å². The van der Waals surface area contributed by atoms with Gasteiger partial charge in [-0.15, -0.1) is 0 Å². The summed E-state index contributed by atoms with van der Waals surface area (Å²) in [5.41, 5.74) is 3.34. The highest BCUT2D eigenvalue weighted by molar-refractivity contribution is 5.54. The molecule has 2 aromatic rings. The minimum absolute atomic E-state index is 0.274. The molecule has 0 saturated carbocycles. The molecule has 0 aliphatic heterocycles. The minimum atomic E-state index is 0.274. The molecule has 0 bridgehead atoms. The molecular formula is C17H21NO2. The summed E-state index contributed by atoms with van der Waals surface area (Å²) in [5, 5.41) is 10.1. The number of para-hydroxylation sites is 1. The van der Waals surface area contributed by atoms with E-state index in [-0.39, 0.29) is 5.75 Å². The maximum absolute atomic E-state index is 10.1. The zero-order chi connectivity index (χ0) is 14.5. The van der Waals surface area contributed by atoms with Gasteiger partial charge in [0.1, 0.15) is 11.5 Å². The van der Waals surface area contributed by atoms with Gasteiger partial charge in [-0.1, -0.05) is 18.2 Å². The SMILES string of the molecule is CCN(Cc1ccc(OC)cc1O)c1ccccc1C. The molecule has 3 nitrogen and oxygen atoms in total. The van der Waals surface area contributed by atoms with Crippen molar-refractivity contribution in [1.29, 1.82) is 0 Å². The van der Waals surface area contributed by atoms with E-state index in [0.29, 0.717) is 12.3 Å². The quantitative estimate of drug-likeness (QED) is 0.899. The molecule has 0 saturated heterocycles. The maximum atomic E-state index is 10.1. The molecule has 0 aromatic heterocycles. The van der Waals surface area contributed by atoms with E-state index >= 15 is 0 Å². The molecule has 0 atom stereocenters. The fourth-order valence-electron chi connectivity index (χ4n) is 2.30. The second kappa shape index (κ2) is 6.33. The molecule has 1 N–H and O–H groups in total. The Morgan fingerprint density at radius 2 is 1.90 bits per heavy atom. The Labute approximate surface area is 120 Å². The van der Waals surface area contributed by atoms with Crippen LogP contribution in [0.4, 0.5) is 5.69 Å². The Balaban J connectivity index is 2.25. The van der Waals surface area contributed by atoms with E-state index in [1.165, 1.54) is 11.3 Å². The van der Waals surface area contributed by atoms with E-state index in [9.17, 15) is 5.11 Å². The highest BCUT2D eigenvalue weighted by Crippen LogP contribution is 2.27. The first-order valence-corrected chi connectivity index (χ1v) is 6.82. The van der Waals surface area contributed by atoms with E-state index in [1.54, 1.807) is 13.2 Å². The van der Waals surface area contributed by atoms with Crippen LogP contribution in [0.5, 0.6) is 11.5 Å². The van der Waals surface area contributed by atoms with Crippen LogP contribution in [0.1, 0.15) is 18.1 Å². The average Bonchev–Trinajstić information content (AvgIpc) is 2.47. The summed E-state index contributed by atoms with van der Waals surface area (Å²) in [6.45, 7) is 5.78. The number of methoxy groups -OCH3 is 1. The molecule has 2 aromatic carbocycles. The molecule has 0 radical (unpaired) electrons. The Bertz CT molecular complexity index is 581. The molecule has 0 unspecified atom stereocenters. The topological polar surface area (TPSA) is 32.7 Å².